The molecule has 2 heterocycles. The molecule has 0 saturated carbocycles. The summed E-state index contributed by atoms with van der Waals surface area (Å²) in [6, 6.07) is 20.3. The Morgan fingerprint density at radius 1 is 0.861 bits per heavy atom. The number of benzene rings is 2. The van der Waals surface area contributed by atoms with Crippen LogP contribution in [0.5, 0.6) is 0 Å². The number of hydrogen-bond donors (Lipinski definition) is 1. The van der Waals surface area contributed by atoms with Crippen LogP contribution >= 0.6 is 0 Å². The van der Waals surface area contributed by atoms with Gasteiger partial charge in [0.1, 0.15) is 0 Å². The van der Waals surface area contributed by atoms with E-state index in [0.717, 1.165) is 35.3 Å². The molecule has 0 atom stereocenters. The minimum Gasteiger partial charge on any atom is -0.348 e. The normalized spacial score (nSPS) is 16.7. The van der Waals surface area contributed by atoms with E-state index in [1.54, 1.807) is 0 Å². The van der Waals surface area contributed by atoms with E-state index in [-0.39, 0.29) is 23.0 Å². The lowest BCUT2D eigenvalue weighted by molar-refractivity contribution is -0.0169. The van der Waals surface area contributed by atoms with Crippen LogP contribution in [-0.4, -0.2) is 44.8 Å². The number of piperidine rings is 1. The molecule has 0 bridgehead atoms. The van der Waals surface area contributed by atoms with Gasteiger partial charge in [-0.15, -0.1) is 0 Å². The molecular formula is C31H46N4O. The molecule has 1 saturated heterocycles. The molecule has 3 aromatic rings. The summed E-state index contributed by atoms with van der Waals surface area (Å²) in [5, 5.41) is 8.11. The SMILES string of the molecule is CC.CC.Cc1c(C(=O)NC2CC(C)(C)N(C)C(C)(C)C2)nn(-c2ccccc2)c1-c1ccccc1. The van der Waals surface area contributed by atoms with Crippen LogP contribution in [0.15, 0.2) is 60.7 Å². The van der Waals surface area contributed by atoms with E-state index in [0.29, 0.717) is 5.69 Å². The van der Waals surface area contributed by atoms with Crippen molar-refractivity contribution in [3.05, 3.63) is 71.9 Å². The zero-order valence-corrected chi connectivity index (χ0v) is 24.0. The number of carbonyl (C=O) groups is 1. The number of aromatic nitrogens is 2. The Kier molecular flexibility index (Phi) is 10.1. The Morgan fingerprint density at radius 3 is 1.83 bits per heavy atom. The third kappa shape index (κ3) is 6.25. The predicted molar refractivity (Wildman–Crippen MR) is 153 cm³/mol. The minimum atomic E-state index is -0.101. The molecule has 36 heavy (non-hydrogen) atoms. The lowest BCUT2D eigenvalue weighted by atomic mass is 9.77. The molecular weight excluding hydrogens is 444 g/mol. The van der Waals surface area contributed by atoms with Gasteiger partial charge in [-0.05, 0) is 66.6 Å². The van der Waals surface area contributed by atoms with Crippen LogP contribution in [0, 0.1) is 6.92 Å². The molecule has 4 rings (SSSR count). The van der Waals surface area contributed by atoms with E-state index in [2.05, 4.69) is 57.1 Å². The van der Waals surface area contributed by atoms with Gasteiger partial charge in [-0.1, -0.05) is 76.2 Å². The number of nitrogens with one attached hydrogen (secondary N) is 1. The number of carbonyl (C=O) groups excluding carboxylic acids is 1. The van der Waals surface area contributed by atoms with Crippen molar-refractivity contribution in [2.24, 2.45) is 0 Å². The average Bonchev–Trinajstić information content (AvgIpc) is 3.23. The molecule has 1 amide bonds. The summed E-state index contributed by atoms with van der Waals surface area (Å²) in [7, 11) is 2.18. The molecule has 1 N–H and O–H groups in total. The number of likely N-dealkylation sites (tertiary alicyclic amines) is 1. The van der Waals surface area contributed by atoms with Crippen LogP contribution in [0.1, 0.15) is 84.3 Å². The highest BCUT2D eigenvalue weighted by Gasteiger charge is 2.43. The second-order valence-corrected chi connectivity index (χ2v) is 10.2. The van der Waals surface area contributed by atoms with Crippen molar-refractivity contribution in [1.29, 1.82) is 0 Å². The van der Waals surface area contributed by atoms with Gasteiger partial charge in [0.15, 0.2) is 5.69 Å². The van der Waals surface area contributed by atoms with Crippen molar-refractivity contribution >= 4 is 5.91 Å². The molecule has 0 aliphatic carbocycles. The van der Waals surface area contributed by atoms with E-state index in [1.165, 1.54) is 0 Å². The largest absolute Gasteiger partial charge is 0.348 e. The molecule has 1 fully saturated rings. The molecule has 0 spiro atoms. The van der Waals surface area contributed by atoms with Crippen LogP contribution in [0.25, 0.3) is 16.9 Å². The maximum Gasteiger partial charge on any atom is 0.272 e. The Labute approximate surface area is 218 Å². The van der Waals surface area contributed by atoms with Gasteiger partial charge in [0.05, 0.1) is 11.4 Å². The van der Waals surface area contributed by atoms with Crippen molar-refractivity contribution in [2.75, 3.05) is 7.05 Å². The maximum atomic E-state index is 13.5. The molecule has 5 nitrogen and oxygen atoms in total. The molecule has 196 valence electrons. The van der Waals surface area contributed by atoms with Gasteiger partial charge in [-0.3, -0.25) is 9.69 Å². The lowest BCUT2D eigenvalue weighted by Crippen LogP contribution is -2.62. The highest BCUT2D eigenvalue weighted by Crippen LogP contribution is 2.37. The molecule has 0 unspecified atom stereocenters. The monoisotopic (exact) mass is 490 g/mol. The van der Waals surface area contributed by atoms with Crippen molar-refractivity contribution in [1.82, 2.24) is 20.0 Å². The van der Waals surface area contributed by atoms with E-state index in [4.69, 9.17) is 5.10 Å². The summed E-state index contributed by atoms with van der Waals surface area (Å²) in [6.45, 7) is 19.0. The van der Waals surface area contributed by atoms with Gasteiger partial charge in [0.25, 0.3) is 5.91 Å². The lowest BCUT2D eigenvalue weighted by Gasteiger charge is -2.53. The maximum absolute atomic E-state index is 13.5. The van der Waals surface area contributed by atoms with E-state index in [9.17, 15) is 4.79 Å². The van der Waals surface area contributed by atoms with Gasteiger partial charge >= 0.3 is 0 Å². The predicted octanol–water partition coefficient (Wildman–Crippen LogP) is 7.28. The standard InChI is InChI=1S/C27H34N4O.2C2H6/c1-19-23(25(32)28-21-17-26(2,3)30(6)27(4,5)18-21)29-31(22-15-11-8-12-16-22)24(19)20-13-9-7-10-14-20;2*1-2/h7-16,21H,17-18H2,1-6H3,(H,28,32);2*1-2H3. The molecule has 5 heteroatoms. The van der Waals surface area contributed by atoms with Crippen molar-refractivity contribution < 1.29 is 4.79 Å². The Bertz CT molecular complexity index is 1080. The third-order valence-electron chi connectivity index (χ3n) is 7.03. The van der Waals surface area contributed by atoms with Crippen LogP contribution in [0.2, 0.25) is 0 Å². The molecule has 0 radical (unpaired) electrons. The first-order chi connectivity index (χ1) is 17.1. The number of para-hydroxylation sites is 1. The molecule has 2 aromatic carbocycles. The fraction of sp³-hybridized carbons (Fsp3) is 0.484. The van der Waals surface area contributed by atoms with Crippen LogP contribution in [-0.2, 0) is 0 Å². The van der Waals surface area contributed by atoms with Gasteiger partial charge in [-0.2, -0.15) is 5.10 Å². The summed E-state index contributed by atoms with van der Waals surface area (Å²) in [5.74, 6) is -0.101. The first-order valence-electron chi connectivity index (χ1n) is 13.4. The van der Waals surface area contributed by atoms with Gasteiger partial charge in [-0.25, -0.2) is 4.68 Å². The Morgan fingerprint density at radius 2 is 1.33 bits per heavy atom. The second kappa shape index (κ2) is 12.4. The van der Waals surface area contributed by atoms with Crippen LogP contribution in [0.3, 0.4) is 0 Å². The van der Waals surface area contributed by atoms with E-state index < -0.39 is 0 Å². The second-order valence-electron chi connectivity index (χ2n) is 10.2. The van der Waals surface area contributed by atoms with Crippen molar-refractivity contribution in [3.8, 4) is 16.9 Å². The summed E-state index contributed by atoms with van der Waals surface area (Å²) in [6.07, 6.45) is 1.81. The van der Waals surface area contributed by atoms with Crippen molar-refractivity contribution in [2.45, 2.75) is 92.3 Å². The third-order valence-corrected chi connectivity index (χ3v) is 7.03. The summed E-state index contributed by atoms with van der Waals surface area (Å²) < 4.78 is 1.89. The molecule has 1 aliphatic heterocycles. The number of nitrogens with zero attached hydrogens (tertiary/aromatic N) is 3. The smallest absolute Gasteiger partial charge is 0.272 e. The topological polar surface area (TPSA) is 50.2 Å². The van der Waals surface area contributed by atoms with Gasteiger partial charge in [0.2, 0.25) is 0 Å². The van der Waals surface area contributed by atoms with Gasteiger partial charge < -0.3 is 5.32 Å². The number of hydrogen-bond acceptors (Lipinski definition) is 3. The highest BCUT2D eigenvalue weighted by molar-refractivity contribution is 5.96. The zero-order chi connectivity index (χ0) is 27.1. The van der Waals surface area contributed by atoms with Crippen molar-refractivity contribution in [3.63, 3.8) is 0 Å². The zero-order valence-electron chi connectivity index (χ0n) is 24.0. The number of amides is 1. The van der Waals surface area contributed by atoms with Crippen LogP contribution < -0.4 is 5.32 Å². The molecule has 1 aromatic heterocycles. The van der Waals surface area contributed by atoms with E-state index in [1.807, 2.05) is 87.8 Å². The first-order valence-corrected chi connectivity index (χ1v) is 13.4. The fourth-order valence-corrected chi connectivity index (χ4v) is 5.13. The quantitative estimate of drug-likeness (QED) is 0.418. The minimum absolute atomic E-state index is 0.00728. The van der Waals surface area contributed by atoms with Crippen LogP contribution in [0.4, 0.5) is 0 Å². The summed E-state index contributed by atoms with van der Waals surface area (Å²) in [5.41, 5.74) is 4.33. The average molecular weight is 491 g/mol. The van der Waals surface area contributed by atoms with E-state index >= 15 is 0 Å². The Balaban J connectivity index is 0.00000109. The summed E-state index contributed by atoms with van der Waals surface area (Å²) in [4.78, 5) is 15.9. The van der Waals surface area contributed by atoms with Gasteiger partial charge in [0, 0.05) is 28.2 Å². The summed E-state index contributed by atoms with van der Waals surface area (Å²) >= 11 is 0. The Hall–Kier alpha value is -2.92. The fourth-order valence-electron chi connectivity index (χ4n) is 5.13. The first kappa shape index (κ1) is 29.3. The molecule has 1 aliphatic rings. The number of rotatable bonds is 4. The highest BCUT2D eigenvalue weighted by atomic mass is 16.2.